The van der Waals surface area contributed by atoms with E-state index in [0.717, 1.165) is 16.8 Å². The highest BCUT2D eigenvalue weighted by molar-refractivity contribution is 5.41. The van der Waals surface area contributed by atoms with Gasteiger partial charge in [0.25, 0.3) is 0 Å². The summed E-state index contributed by atoms with van der Waals surface area (Å²) in [5, 5.41) is 14.5. The fraction of sp³-hybridized carbons (Fsp3) is 0.357. The number of aromatic hydroxyl groups is 1. The minimum Gasteiger partial charge on any atom is -0.493 e. The van der Waals surface area contributed by atoms with E-state index in [4.69, 9.17) is 0 Å². The first-order valence-corrected chi connectivity index (χ1v) is 5.74. The van der Waals surface area contributed by atoms with Crippen molar-refractivity contribution in [2.45, 2.75) is 33.1 Å². The molecule has 1 aromatic heterocycles. The van der Waals surface area contributed by atoms with Gasteiger partial charge in [-0.3, -0.25) is 0 Å². The number of rotatable bonds is 1. The van der Waals surface area contributed by atoms with E-state index in [0.29, 0.717) is 0 Å². The Morgan fingerprint density at radius 1 is 1.24 bits per heavy atom. The summed E-state index contributed by atoms with van der Waals surface area (Å²) < 4.78 is 1.58. The second kappa shape index (κ2) is 3.91. The van der Waals surface area contributed by atoms with E-state index in [2.05, 4.69) is 25.9 Å². The molecule has 3 nitrogen and oxygen atoms in total. The molecule has 17 heavy (non-hydrogen) atoms. The van der Waals surface area contributed by atoms with E-state index >= 15 is 0 Å². The van der Waals surface area contributed by atoms with Crippen molar-refractivity contribution in [3.8, 4) is 11.6 Å². The molecule has 2 aromatic rings. The molecule has 0 aliphatic rings. The molecule has 0 amide bonds. The normalized spacial score (nSPS) is 11.8. The molecule has 1 heterocycles. The van der Waals surface area contributed by atoms with Crippen molar-refractivity contribution in [2.24, 2.45) is 0 Å². The number of hydrogen-bond donors (Lipinski definition) is 1. The fourth-order valence-electron chi connectivity index (χ4n) is 1.82. The van der Waals surface area contributed by atoms with E-state index in [-0.39, 0.29) is 11.3 Å². The van der Waals surface area contributed by atoms with Gasteiger partial charge in [-0.25, -0.2) is 4.68 Å². The van der Waals surface area contributed by atoms with E-state index in [9.17, 15) is 5.11 Å². The quantitative estimate of drug-likeness (QED) is 0.817. The Balaban J connectivity index is 2.52. The van der Waals surface area contributed by atoms with Gasteiger partial charge in [-0.15, -0.1) is 0 Å². The first-order valence-electron chi connectivity index (χ1n) is 5.74. The molecular weight excluding hydrogens is 212 g/mol. The van der Waals surface area contributed by atoms with Crippen molar-refractivity contribution in [1.82, 2.24) is 9.78 Å². The van der Waals surface area contributed by atoms with Crippen LogP contribution in [-0.2, 0) is 5.41 Å². The van der Waals surface area contributed by atoms with Gasteiger partial charge in [0.1, 0.15) is 0 Å². The summed E-state index contributed by atoms with van der Waals surface area (Å²) >= 11 is 0. The lowest BCUT2D eigenvalue weighted by Crippen LogP contribution is -2.10. The molecule has 0 saturated carbocycles. The van der Waals surface area contributed by atoms with Gasteiger partial charge >= 0.3 is 0 Å². The molecule has 0 radical (unpaired) electrons. The van der Waals surface area contributed by atoms with E-state index in [1.54, 1.807) is 10.9 Å². The third kappa shape index (κ3) is 2.18. The number of nitrogens with zero attached hydrogens (tertiary/aromatic N) is 2. The third-order valence-corrected chi connectivity index (χ3v) is 2.80. The van der Waals surface area contributed by atoms with Crippen LogP contribution in [0, 0.1) is 6.92 Å². The number of aromatic nitrogens is 2. The first-order chi connectivity index (χ1) is 7.89. The van der Waals surface area contributed by atoms with Crippen LogP contribution in [0.15, 0.2) is 30.5 Å². The van der Waals surface area contributed by atoms with Crippen LogP contribution in [0.2, 0.25) is 0 Å². The minimum absolute atomic E-state index is 0.105. The average molecular weight is 230 g/mol. The summed E-state index contributed by atoms with van der Waals surface area (Å²) in [6.07, 6.45) is 1.73. The summed E-state index contributed by atoms with van der Waals surface area (Å²) in [6.45, 7) is 8.20. The number of benzene rings is 1. The zero-order valence-electron chi connectivity index (χ0n) is 10.7. The summed E-state index contributed by atoms with van der Waals surface area (Å²) in [5.41, 5.74) is 2.79. The van der Waals surface area contributed by atoms with Crippen molar-refractivity contribution in [2.75, 3.05) is 0 Å². The lowest BCUT2D eigenvalue weighted by Gasteiger charge is -2.16. The molecule has 0 atom stereocenters. The second-order valence-electron chi connectivity index (χ2n) is 5.38. The van der Waals surface area contributed by atoms with Crippen molar-refractivity contribution in [1.29, 1.82) is 0 Å². The fourth-order valence-corrected chi connectivity index (χ4v) is 1.82. The Bertz CT molecular complexity index is 535. The predicted octanol–water partition coefficient (Wildman–Crippen LogP) is 3.18. The lowest BCUT2D eigenvalue weighted by atomic mass is 9.89. The van der Waals surface area contributed by atoms with Crippen LogP contribution in [0.4, 0.5) is 0 Å². The third-order valence-electron chi connectivity index (χ3n) is 2.80. The Morgan fingerprint density at radius 3 is 2.47 bits per heavy atom. The summed E-state index contributed by atoms with van der Waals surface area (Å²) in [7, 11) is 0. The Morgan fingerprint density at radius 2 is 1.94 bits per heavy atom. The highest BCUT2D eigenvalue weighted by atomic mass is 16.3. The zero-order chi connectivity index (χ0) is 12.6. The molecule has 1 N–H and O–H groups in total. The maximum Gasteiger partial charge on any atom is 0.217 e. The Kier molecular flexibility index (Phi) is 2.69. The first kappa shape index (κ1) is 11.7. The maximum absolute atomic E-state index is 10.2. The van der Waals surface area contributed by atoms with Gasteiger partial charge in [-0.2, -0.15) is 5.10 Å². The van der Waals surface area contributed by atoms with Crippen LogP contribution >= 0.6 is 0 Å². The van der Waals surface area contributed by atoms with E-state index in [1.807, 2.05) is 31.2 Å². The van der Waals surface area contributed by atoms with Crippen LogP contribution < -0.4 is 0 Å². The summed E-state index contributed by atoms with van der Waals surface area (Å²) in [6, 6.07) is 7.92. The van der Waals surface area contributed by atoms with Gasteiger partial charge in [-0.1, -0.05) is 32.9 Å². The average Bonchev–Trinajstić information content (AvgIpc) is 2.59. The van der Waals surface area contributed by atoms with Crippen LogP contribution in [0.1, 0.15) is 31.9 Å². The van der Waals surface area contributed by atoms with Crippen molar-refractivity contribution in [3.63, 3.8) is 0 Å². The van der Waals surface area contributed by atoms with Crippen LogP contribution in [0.3, 0.4) is 0 Å². The molecule has 0 spiro atoms. The SMILES string of the molecule is Cc1cccc(-n2ncc(C(C)(C)C)c2O)c1. The molecule has 0 bridgehead atoms. The van der Waals surface area contributed by atoms with Crippen molar-refractivity contribution < 1.29 is 5.11 Å². The molecule has 0 saturated heterocycles. The van der Waals surface area contributed by atoms with Gasteiger partial charge in [0, 0.05) is 5.56 Å². The number of hydrogen-bond acceptors (Lipinski definition) is 2. The monoisotopic (exact) mass is 230 g/mol. The van der Waals surface area contributed by atoms with Crippen molar-refractivity contribution in [3.05, 3.63) is 41.6 Å². The van der Waals surface area contributed by atoms with Crippen LogP contribution in [0.5, 0.6) is 5.88 Å². The van der Waals surface area contributed by atoms with E-state index < -0.39 is 0 Å². The summed E-state index contributed by atoms with van der Waals surface area (Å²) in [4.78, 5) is 0. The molecule has 3 heteroatoms. The van der Waals surface area contributed by atoms with Gasteiger partial charge < -0.3 is 5.11 Å². The van der Waals surface area contributed by atoms with Crippen molar-refractivity contribution >= 4 is 0 Å². The molecule has 0 aliphatic heterocycles. The van der Waals surface area contributed by atoms with Crippen LogP contribution in [0.25, 0.3) is 5.69 Å². The molecule has 1 aromatic carbocycles. The van der Waals surface area contributed by atoms with E-state index in [1.165, 1.54) is 0 Å². The molecule has 90 valence electrons. The number of aryl methyl sites for hydroxylation is 1. The highest BCUT2D eigenvalue weighted by Crippen LogP contribution is 2.31. The Hall–Kier alpha value is -1.77. The van der Waals surface area contributed by atoms with Gasteiger partial charge in [0.2, 0.25) is 5.88 Å². The topological polar surface area (TPSA) is 38.0 Å². The van der Waals surface area contributed by atoms with Gasteiger partial charge in [0.15, 0.2) is 0 Å². The molecule has 0 fully saturated rings. The maximum atomic E-state index is 10.2. The Labute approximate surface area is 102 Å². The smallest absolute Gasteiger partial charge is 0.217 e. The standard InChI is InChI=1S/C14H18N2O/c1-10-6-5-7-11(8-10)16-13(17)12(9-15-16)14(2,3)4/h5-9,17H,1-4H3. The minimum atomic E-state index is -0.105. The van der Waals surface area contributed by atoms with Gasteiger partial charge in [0.05, 0.1) is 11.9 Å². The molecule has 0 unspecified atom stereocenters. The molecular formula is C14H18N2O. The van der Waals surface area contributed by atoms with Crippen LogP contribution in [-0.4, -0.2) is 14.9 Å². The highest BCUT2D eigenvalue weighted by Gasteiger charge is 2.22. The largest absolute Gasteiger partial charge is 0.493 e. The van der Waals surface area contributed by atoms with Gasteiger partial charge in [-0.05, 0) is 30.0 Å². The molecule has 2 rings (SSSR count). The molecule has 0 aliphatic carbocycles. The summed E-state index contributed by atoms with van der Waals surface area (Å²) in [5.74, 6) is 0.225. The predicted molar refractivity (Wildman–Crippen MR) is 68.7 cm³/mol. The second-order valence-corrected chi connectivity index (χ2v) is 5.38. The zero-order valence-corrected chi connectivity index (χ0v) is 10.7. The lowest BCUT2D eigenvalue weighted by molar-refractivity contribution is 0.414.